The van der Waals surface area contributed by atoms with Gasteiger partial charge in [-0.25, -0.2) is 0 Å². The molecule has 0 saturated carbocycles. The summed E-state index contributed by atoms with van der Waals surface area (Å²) in [6.45, 7) is 0. The summed E-state index contributed by atoms with van der Waals surface area (Å²) >= 11 is 0. The van der Waals surface area contributed by atoms with Crippen molar-refractivity contribution < 1.29 is 4.74 Å². The second-order valence-corrected chi connectivity index (χ2v) is 7.27. The number of methoxy groups -OCH3 is 1. The number of para-hydroxylation sites is 1. The summed E-state index contributed by atoms with van der Waals surface area (Å²) in [5.41, 5.74) is 7.17. The van der Waals surface area contributed by atoms with Gasteiger partial charge < -0.3 is 9.30 Å². The average Bonchev–Trinajstić information content (AvgIpc) is 3.27. The van der Waals surface area contributed by atoms with Gasteiger partial charge in [-0.3, -0.25) is 0 Å². The van der Waals surface area contributed by atoms with E-state index in [1.807, 2.05) is 12.1 Å². The van der Waals surface area contributed by atoms with Crippen LogP contribution < -0.4 is 4.74 Å². The van der Waals surface area contributed by atoms with Crippen LogP contribution in [0.3, 0.4) is 0 Å². The van der Waals surface area contributed by atoms with Gasteiger partial charge in [-0.05, 0) is 53.8 Å². The van der Waals surface area contributed by atoms with Crippen molar-refractivity contribution in [1.29, 1.82) is 5.26 Å². The molecule has 0 aliphatic heterocycles. The predicted octanol–water partition coefficient (Wildman–Crippen LogP) is 5.29. The normalized spacial score (nSPS) is 15.8. The molecule has 0 fully saturated rings. The monoisotopic (exact) mass is 352 g/mol. The van der Waals surface area contributed by atoms with Crippen LogP contribution >= 0.6 is 0 Å². The van der Waals surface area contributed by atoms with Crippen molar-refractivity contribution >= 4 is 21.8 Å². The van der Waals surface area contributed by atoms with Crippen LogP contribution in [-0.2, 0) is 13.5 Å². The fourth-order valence-corrected chi connectivity index (χ4v) is 4.76. The maximum atomic E-state index is 9.88. The number of nitriles is 1. The number of fused-ring (bicyclic) bond motifs is 5. The summed E-state index contributed by atoms with van der Waals surface area (Å²) in [7, 11) is 3.81. The summed E-state index contributed by atoms with van der Waals surface area (Å²) in [5, 5.41) is 12.2. The van der Waals surface area contributed by atoms with E-state index in [9.17, 15) is 5.26 Å². The van der Waals surface area contributed by atoms with Crippen molar-refractivity contribution in [1.82, 2.24) is 4.57 Å². The molecule has 5 rings (SSSR count). The van der Waals surface area contributed by atoms with Crippen LogP contribution in [0.1, 0.15) is 34.6 Å². The number of benzene rings is 3. The minimum absolute atomic E-state index is 0.334. The lowest BCUT2D eigenvalue weighted by atomic mass is 9.90. The van der Waals surface area contributed by atoms with Crippen molar-refractivity contribution in [2.75, 3.05) is 7.11 Å². The maximum absolute atomic E-state index is 9.88. The Morgan fingerprint density at radius 1 is 1.11 bits per heavy atom. The Bertz CT molecular complexity index is 1230. The van der Waals surface area contributed by atoms with E-state index >= 15 is 0 Å². The number of hydrogen-bond acceptors (Lipinski definition) is 2. The fraction of sp³-hybridized carbons (Fsp3) is 0.208. The summed E-state index contributed by atoms with van der Waals surface area (Å²) in [6, 6.07) is 21.3. The molecule has 1 atom stereocenters. The van der Waals surface area contributed by atoms with E-state index in [0.29, 0.717) is 5.92 Å². The first-order valence-electron chi connectivity index (χ1n) is 9.30. The lowest BCUT2D eigenvalue weighted by molar-refractivity contribution is 0.414. The second-order valence-electron chi connectivity index (χ2n) is 7.27. The van der Waals surface area contributed by atoms with E-state index in [1.165, 1.54) is 33.1 Å². The summed E-state index contributed by atoms with van der Waals surface area (Å²) < 4.78 is 7.56. The zero-order valence-electron chi connectivity index (χ0n) is 15.5. The number of aryl methyl sites for hydroxylation is 2. The Kier molecular flexibility index (Phi) is 3.48. The van der Waals surface area contributed by atoms with Crippen LogP contribution in [0.4, 0.5) is 0 Å². The molecule has 1 heterocycles. The van der Waals surface area contributed by atoms with Gasteiger partial charge in [0.05, 0.1) is 24.3 Å². The van der Waals surface area contributed by atoms with E-state index < -0.39 is 0 Å². The van der Waals surface area contributed by atoms with Crippen molar-refractivity contribution in [3.8, 4) is 11.8 Å². The molecule has 0 saturated heterocycles. The highest BCUT2D eigenvalue weighted by Crippen LogP contribution is 2.45. The molecule has 3 nitrogen and oxygen atoms in total. The van der Waals surface area contributed by atoms with Gasteiger partial charge in [0.25, 0.3) is 0 Å². The number of ether oxygens (including phenoxy) is 1. The van der Waals surface area contributed by atoms with Crippen molar-refractivity contribution in [2.45, 2.75) is 18.8 Å². The third kappa shape index (κ3) is 2.20. The molecule has 27 heavy (non-hydrogen) atoms. The quantitative estimate of drug-likeness (QED) is 0.491. The van der Waals surface area contributed by atoms with Gasteiger partial charge in [-0.15, -0.1) is 0 Å². The zero-order chi connectivity index (χ0) is 18.5. The highest BCUT2D eigenvalue weighted by atomic mass is 16.5. The SMILES string of the molecule is COc1ccc(C2CCc3c2cc(C#N)c2c4ccccc4n(C)c32)cc1. The van der Waals surface area contributed by atoms with E-state index in [4.69, 9.17) is 4.74 Å². The van der Waals surface area contributed by atoms with Gasteiger partial charge in [0, 0.05) is 29.3 Å². The first-order valence-corrected chi connectivity index (χ1v) is 9.30. The molecule has 1 unspecified atom stereocenters. The fourth-order valence-electron chi connectivity index (χ4n) is 4.76. The molecule has 1 aliphatic rings. The zero-order valence-corrected chi connectivity index (χ0v) is 15.5. The molecule has 0 amide bonds. The van der Waals surface area contributed by atoms with Crippen LogP contribution in [0, 0.1) is 11.3 Å². The summed E-state index contributed by atoms with van der Waals surface area (Å²) in [4.78, 5) is 0. The Balaban J connectivity index is 1.79. The molecule has 0 bridgehead atoms. The van der Waals surface area contributed by atoms with Crippen LogP contribution in [0.15, 0.2) is 54.6 Å². The minimum atomic E-state index is 0.334. The molecular formula is C24H20N2O. The Morgan fingerprint density at radius 2 is 1.89 bits per heavy atom. The van der Waals surface area contributed by atoms with Gasteiger partial charge in [0.1, 0.15) is 5.75 Å². The van der Waals surface area contributed by atoms with Crippen LogP contribution in [0.25, 0.3) is 21.8 Å². The molecule has 1 aliphatic carbocycles. The van der Waals surface area contributed by atoms with Gasteiger partial charge in [-0.1, -0.05) is 30.3 Å². The van der Waals surface area contributed by atoms with Crippen LogP contribution in [0.2, 0.25) is 0 Å². The third-order valence-corrected chi connectivity index (χ3v) is 6.01. The second kappa shape index (κ2) is 5.89. The molecule has 3 heteroatoms. The first-order chi connectivity index (χ1) is 13.2. The molecule has 0 spiro atoms. The Morgan fingerprint density at radius 3 is 2.63 bits per heavy atom. The number of nitrogens with zero attached hydrogens (tertiary/aromatic N) is 2. The molecule has 0 N–H and O–H groups in total. The Labute approximate surface area is 158 Å². The highest BCUT2D eigenvalue weighted by molar-refractivity contribution is 6.12. The number of rotatable bonds is 2. The largest absolute Gasteiger partial charge is 0.497 e. The van der Waals surface area contributed by atoms with E-state index in [2.05, 4.69) is 60.1 Å². The molecular weight excluding hydrogens is 332 g/mol. The number of hydrogen-bond donors (Lipinski definition) is 0. The molecule has 4 aromatic rings. The van der Waals surface area contributed by atoms with E-state index in [0.717, 1.165) is 29.5 Å². The van der Waals surface area contributed by atoms with Crippen molar-refractivity contribution in [2.24, 2.45) is 7.05 Å². The van der Waals surface area contributed by atoms with Crippen molar-refractivity contribution in [3.05, 3.63) is 76.9 Å². The summed E-state index contributed by atoms with van der Waals surface area (Å²) in [6.07, 6.45) is 2.12. The lowest BCUT2D eigenvalue weighted by Gasteiger charge is -2.14. The molecule has 1 aromatic heterocycles. The van der Waals surface area contributed by atoms with Gasteiger partial charge in [-0.2, -0.15) is 5.26 Å². The highest BCUT2D eigenvalue weighted by Gasteiger charge is 2.29. The average molecular weight is 352 g/mol. The minimum Gasteiger partial charge on any atom is -0.497 e. The van der Waals surface area contributed by atoms with Crippen molar-refractivity contribution in [3.63, 3.8) is 0 Å². The lowest BCUT2D eigenvalue weighted by Crippen LogP contribution is -1.99. The summed E-state index contributed by atoms with van der Waals surface area (Å²) in [5.74, 6) is 1.21. The Hall–Kier alpha value is -3.25. The van der Waals surface area contributed by atoms with Gasteiger partial charge >= 0.3 is 0 Å². The van der Waals surface area contributed by atoms with Gasteiger partial charge in [0.2, 0.25) is 0 Å². The molecule has 132 valence electrons. The smallest absolute Gasteiger partial charge is 0.118 e. The molecule has 3 aromatic carbocycles. The topological polar surface area (TPSA) is 37.9 Å². The predicted molar refractivity (Wildman–Crippen MR) is 108 cm³/mol. The maximum Gasteiger partial charge on any atom is 0.118 e. The third-order valence-electron chi connectivity index (χ3n) is 6.01. The number of aromatic nitrogens is 1. The standard InChI is InChI=1S/C24H20N2O/c1-26-22-6-4-3-5-20(22)23-16(14-25)13-21-18(11-12-19(21)24(23)26)15-7-9-17(27-2)10-8-15/h3-10,13,18H,11-12H2,1-2H3. The first kappa shape index (κ1) is 16.0. The van der Waals surface area contributed by atoms with Crippen LogP contribution in [-0.4, -0.2) is 11.7 Å². The van der Waals surface area contributed by atoms with Gasteiger partial charge in [0.15, 0.2) is 0 Å². The van der Waals surface area contributed by atoms with Crippen LogP contribution in [0.5, 0.6) is 5.75 Å². The van der Waals surface area contributed by atoms with E-state index in [-0.39, 0.29) is 0 Å². The molecule has 0 radical (unpaired) electrons. The van der Waals surface area contributed by atoms with E-state index in [1.54, 1.807) is 7.11 Å².